The fourth-order valence-electron chi connectivity index (χ4n) is 9.80. The SMILES string of the molecule is CC1(C)OC2(C3CC(CC4CCC(N)[NH2+]C4)CC4(CCCC4)C3)CCC1C([NH3+])(CCO)C2. The molecule has 3 heterocycles. The molecule has 6 rings (SSSR count). The molecule has 32 heavy (non-hydrogen) atoms. The molecule has 0 aromatic heterocycles. The number of quaternary nitrogens is 2. The summed E-state index contributed by atoms with van der Waals surface area (Å²) >= 11 is 0. The number of aliphatic hydroxyl groups is 1. The number of ether oxygens (including phenoxy) is 1. The molecule has 0 aromatic carbocycles. The zero-order valence-corrected chi connectivity index (χ0v) is 20.9. The number of piperidine rings is 1. The Morgan fingerprint density at radius 1 is 1.06 bits per heavy atom. The zero-order valence-electron chi connectivity index (χ0n) is 20.9. The maximum atomic E-state index is 9.89. The van der Waals surface area contributed by atoms with Crippen molar-refractivity contribution in [1.82, 2.24) is 0 Å². The standard InChI is InChI=1S/C27H49N3O2/c1-24(2)22-7-10-27(32-24,18-26(22,29)11-12-31)21-14-20(13-19-5-6-23(28)30-17-19)15-25(16-21)8-3-4-9-25/h19-23,30-31H,3-18,28-29H2,1-2H3/p+2. The summed E-state index contributed by atoms with van der Waals surface area (Å²) in [4.78, 5) is 0. The second-order valence-electron chi connectivity index (χ2n) is 13.6. The van der Waals surface area contributed by atoms with Crippen LogP contribution in [0.2, 0.25) is 0 Å². The topological polar surface area (TPSA) is 99.7 Å². The van der Waals surface area contributed by atoms with Crippen LogP contribution in [0.15, 0.2) is 0 Å². The third-order valence-electron chi connectivity index (χ3n) is 10.9. The maximum Gasteiger partial charge on any atom is 0.137 e. The highest BCUT2D eigenvalue weighted by molar-refractivity contribution is 5.14. The van der Waals surface area contributed by atoms with Gasteiger partial charge < -0.3 is 20.9 Å². The predicted octanol–water partition coefficient (Wildman–Crippen LogP) is 2.32. The van der Waals surface area contributed by atoms with Gasteiger partial charge in [-0.3, -0.25) is 5.73 Å². The number of nitrogens with two attached hydrogens (primary N) is 2. The monoisotopic (exact) mass is 449 g/mol. The first-order valence-electron chi connectivity index (χ1n) is 13.9. The van der Waals surface area contributed by atoms with Gasteiger partial charge in [-0.2, -0.15) is 0 Å². The van der Waals surface area contributed by atoms with E-state index in [-0.39, 0.29) is 23.3 Å². The number of hydrogen-bond donors (Lipinski definition) is 4. The molecule has 7 atom stereocenters. The second kappa shape index (κ2) is 8.48. The average molecular weight is 450 g/mol. The van der Waals surface area contributed by atoms with Crippen LogP contribution in [0, 0.1) is 29.1 Å². The second-order valence-corrected chi connectivity index (χ2v) is 13.6. The van der Waals surface area contributed by atoms with E-state index in [4.69, 9.17) is 16.2 Å². The van der Waals surface area contributed by atoms with Crippen molar-refractivity contribution < 1.29 is 20.9 Å². The molecule has 7 unspecified atom stereocenters. The predicted molar refractivity (Wildman–Crippen MR) is 126 cm³/mol. The Bertz CT molecular complexity index is 670. The van der Waals surface area contributed by atoms with Gasteiger partial charge in [-0.05, 0) is 88.9 Å². The summed E-state index contributed by atoms with van der Waals surface area (Å²) in [5.41, 5.74) is 11.3. The molecule has 184 valence electrons. The summed E-state index contributed by atoms with van der Waals surface area (Å²) in [6, 6.07) is 0. The summed E-state index contributed by atoms with van der Waals surface area (Å²) in [6.45, 7) is 6.11. The largest absolute Gasteiger partial charge is 0.396 e. The van der Waals surface area contributed by atoms with Crippen molar-refractivity contribution in [2.24, 2.45) is 34.8 Å². The van der Waals surface area contributed by atoms with E-state index in [1.807, 2.05) is 0 Å². The van der Waals surface area contributed by atoms with Crippen molar-refractivity contribution in [3.8, 4) is 0 Å². The number of aliphatic hydroxyl groups excluding tert-OH is 1. The van der Waals surface area contributed by atoms with Crippen LogP contribution in [0.25, 0.3) is 0 Å². The number of fused-ring (bicyclic) bond motifs is 3. The van der Waals surface area contributed by atoms with E-state index in [0.29, 0.717) is 23.4 Å². The van der Waals surface area contributed by atoms with E-state index < -0.39 is 0 Å². The van der Waals surface area contributed by atoms with Crippen LogP contribution in [0.3, 0.4) is 0 Å². The molecule has 0 amide bonds. The van der Waals surface area contributed by atoms with Crippen LogP contribution in [0.5, 0.6) is 0 Å². The fraction of sp³-hybridized carbons (Fsp3) is 1.00. The molecule has 1 spiro atoms. The van der Waals surface area contributed by atoms with Gasteiger partial charge >= 0.3 is 0 Å². The molecule has 0 aromatic rings. The highest BCUT2D eigenvalue weighted by Gasteiger charge is 2.66. The van der Waals surface area contributed by atoms with Crippen LogP contribution in [0.4, 0.5) is 0 Å². The van der Waals surface area contributed by atoms with E-state index >= 15 is 0 Å². The molecule has 3 aliphatic heterocycles. The third kappa shape index (κ3) is 4.19. The molecule has 3 saturated heterocycles. The van der Waals surface area contributed by atoms with Crippen LogP contribution < -0.4 is 16.8 Å². The Morgan fingerprint density at radius 3 is 2.50 bits per heavy atom. The van der Waals surface area contributed by atoms with Crippen LogP contribution in [-0.4, -0.2) is 41.2 Å². The van der Waals surface area contributed by atoms with Gasteiger partial charge in [0, 0.05) is 37.7 Å². The van der Waals surface area contributed by atoms with Crippen LogP contribution >= 0.6 is 0 Å². The summed E-state index contributed by atoms with van der Waals surface area (Å²) < 4.78 is 7.15. The molecular formula is C27H51N3O2+2. The van der Waals surface area contributed by atoms with Crippen LogP contribution in [0.1, 0.15) is 104 Å². The molecule has 2 bridgehead atoms. The molecule has 8 N–H and O–H groups in total. The van der Waals surface area contributed by atoms with Gasteiger partial charge in [0.05, 0.1) is 17.7 Å². The molecule has 5 heteroatoms. The van der Waals surface area contributed by atoms with Crippen molar-refractivity contribution in [3.05, 3.63) is 0 Å². The van der Waals surface area contributed by atoms with E-state index in [2.05, 4.69) is 19.2 Å². The highest BCUT2D eigenvalue weighted by atomic mass is 16.5. The molecule has 6 aliphatic rings. The summed E-state index contributed by atoms with van der Waals surface area (Å²) in [5, 5.41) is 12.3. The average Bonchev–Trinajstić information content (AvgIpc) is 3.15. The minimum atomic E-state index is -0.127. The van der Waals surface area contributed by atoms with E-state index in [1.165, 1.54) is 83.6 Å². The lowest BCUT2D eigenvalue weighted by atomic mass is 9.51. The van der Waals surface area contributed by atoms with Gasteiger partial charge in [0.2, 0.25) is 0 Å². The lowest BCUT2D eigenvalue weighted by molar-refractivity contribution is -0.703. The van der Waals surface area contributed by atoms with Crippen molar-refractivity contribution in [2.75, 3.05) is 13.2 Å². The van der Waals surface area contributed by atoms with Gasteiger partial charge in [-0.15, -0.1) is 0 Å². The van der Waals surface area contributed by atoms with Gasteiger partial charge in [-0.1, -0.05) is 12.8 Å². The van der Waals surface area contributed by atoms with E-state index in [1.54, 1.807) is 0 Å². The smallest absolute Gasteiger partial charge is 0.137 e. The van der Waals surface area contributed by atoms with Crippen molar-refractivity contribution in [3.63, 3.8) is 0 Å². The first-order chi connectivity index (χ1) is 15.2. The van der Waals surface area contributed by atoms with E-state index in [0.717, 1.165) is 24.7 Å². The molecule has 3 saturated carbocycles. The summed E-state index contributed by atoms with van der Waals surface area (Å²) in [6.07, 6.45) is 18.5. The molecular weight excluding hydrogens is 398 g/mol. The lowest BCUT2D eigenvalue weighted by Crippen LogP contribution is -2.95. The minimum absolute atomic E-state index is 0.0233. The molecule has 0 radical (unpaired) electrons. The number of hydrogen-bond acceptors (Lipinski definition) is 3. The van der Waals surface area contributed by atoms with Crippen molar-refractivity contribution in [2.45, 2.75) is 127 Å². The Kier molecular flexibility index (Phi) is 6.24. The zero-order chi connectivity index (χ0) is 22.6. The van der Waals surface area contributed by atoms with E-state index in [9.17, 15) is 5.11 Å². The van der Waals surface area contributed by atoms with Crippen molar-refractivity contribution in [1.29, 1.82) is 0 Å². The Balaban J connectivity index is 1.39. The molecule has 6 fully saturated rings. The maximum absolute atomic E-state index is 9.89. The first kappa shape index (κ1) is 23.5. The summed E-state index contributed by atoms with van der Waals surface area (Å²) in [5.74, 6) is 2.81. The normalized spacial score (nSPS) is 47.7. The molecule has 3 aliphatic carbocycles. The fourth-order valence-corrected chi connectivity index (χ4v) is 9.80. The Labute approximate surface area is 195 Å². The van der Waals surface area contributed by atoms with Gasteiger partial charge in [0.1, 0.15) is 11.7 Å². The van der Waals surface area contributed by atoms with Crippen molar-refractivity contribution >= 4 is 0 Å². The third-order valence-corrected chi connectivity index (χ3v) is 10.9. The lowest BCUT2D eigenvalue weighted by Gasteiger charge is -2.64. The Morgan fingerprint density at radius 2 is 1.84 bits per heavy atom. The van der Waals surface area contributed by atoms with Crippen LogP contribution in [-0.2, 0) is 4.74 Å². The van der Waals surface area contributed by atoms with Gasteiger partial charge in [0.15, 0.2) is 0 Å². The summed E-state index contributed by atoms with van der Waals surface area (Å²) in [7, 11) is 0. The minimum Gasteiger partial charge on any atom is -0.396 e. The quantitative estimate of drug-likeness (QED) is 0.518. The Hall–Kier alpha value is -0.200. The molecule has 5 nitrogen and oxygen atoms in total. The number of rotatable bonds is 5. The van der Waals surface area contributed by atoms with Gasteiger partial charge in [-0.25, -0.2) is 0 Å². The first-order valence-corrected chi connectivity index (χ1v) is 13.9. The van der Waals surface area contributed by atoms with Gasteiger partial charge in [0.25, 0.3) is 0 Å². The highest BCUT2D eigenvalue weighted by Crippen LogP contribution is 2.63.